The third-order valence-electron chi connectivity index (χ3n) is 3.04. The number of aryl methyl sites for hydroxylation is 1. The van der Waals surface area contributed by atoms with E-state index in [0.29, 0.717) is 5.82 Å². The van der Waals surface area contributed by atoms with Crippen LogP contribution in [0.5, 0.6) is 0 Å². The summed E-state index contributed by atoms with van der Waals surface area (Å²) in [6, 6.07) is 3.26. The molecule has 0 aromatic carbocycles. The van der Waals surface area contributed by atoms with Crippen LogP contribution in [0.25, 0.3) is 0 Å². The Morgan fingerprint density at radius 3 is 3.06 bits per heavy atom. The first-order valence-electron chi connectivity index (χ1n) is 5.89. The Morgan fingerprint density at radius 1 is 1.59 bits per heavy atom. The van der Waals surface area contributed by atoms with Gasteiger partial charge in [0.05, 0.1) is 12.1 Å². The molecule has 5 N–H and O–H groups in total. The van der Waals surface area contributed by atoms with E-state index in [1.807, 2.05) is 6.07 Å². The summed E-state index contributed by atoms with van der Waals surface area (Å²) >= 11 is 0. The number of hydrogen-bond donors (Lipinski definition) is 3. The molecule has 92 valence electrons. The van der Waals surface area contributed by atoms with Crippen LogP contribution < -0.4 is 16.8 Å². The highest BCUT2D eigenvalue weighted by molar-refractivity contribution is 5.81. The zero-order chi connectivity index (χ0) is 12.4. The number of nitrogens with zero attached hydrogens (tertiary/aromatic N) is 1. The third kappa shape index (κ3) is 2.55. The van der Waals surface area contributed by atoms with E-state index in [1.165, 1.54) is 0 Å². The van der Waals surface area contributed by atoms with Crippen molar-refractivity contribution in [2.75, 3.05) is 5.73 Å². The quantitative estimate of drug-likeness (QED) is 0.694. The first kappa shape index (κ1) is 11.9. The fourth-order valence-electron chi connectivity index (χ4n) is 2.13. The molecule has 1 heterocycles. The van der Waals surface area contributed by atoms with Crippen molar-refractivity contribution in [3.63, 3.8) is 0 Å². The standard InChI is InChI=1S/C12H18N4O/c1-7(13)12(17)16-10-4-2-3-9-8(10)5-6-11(14)15-9/h5-7,10H,2-4,13H2,1H3,(H2,14,15)(H,16,17)/t7-,10?/m0/s1. The van der Waals surface area contributed by atoms with E-state index in [0.717, 1.165) is 30.5 Å². The Kier molecular flexibility index (Phi) is 3.28. The van der Waals surface area contributed by atoms with Crippen LogP contribution in [-0.2, 0) is 11.2 Å². The average Bonchev–Trinajstić information content (AvgIpc) is 2.28. The molecule has 5 heteroatoms. The van der Waals surface area contributed by atoms with Crippen LogP contribution in [0.1, 0.15) is 37.1 Å². The molecule has 0 fully saturated rings. The fraction of sp³-hybridized carbons (Fsp3) is 0.500. The summed E-state index contributed by atoms with van der Waals surface area (Å²) in [4.78, 5) is 15.9. The number of nitrogens with one attached hydrogen (secondary N) is 1. The molecule has 1 aromatic rings. The van der Waals surface area contributed by atoms with Crippen molar-refractivity contribution < 1.29 is 4.79 Å². The van der Waals surface area contributed by atoms with Gasteiger partial charge >= 0.3 is 0 Å². The number of carbonyl (C=O) groups excluding carboxylic acids is 1. The topological polar surface area (TPSA) is 94.0 Å². The Balaban J connectivity index is 2.20. The van der Waals surface area contributed by atoms with Gasteiger partial charge in [0, 0.05) is 5.69 Å². The van der Waals surface area contributed by atoms with Crippen LogP contribution in [0.2, 0.25) is 0 Å². The first-order chi connectivity index (χ1) is 8.08. The zero-order valence-corrected chi connectivity index (χ0v) is 9.94. The van der Waals surface area contributed by atoms with Gasteiger partial charge in [-0.15, -0.1) is 0 Å². The molecule has 1 aliphatic rings. The number of rotatable bonds is 2. The minimum absolute atomic E-state index is 0.0188. The van der Waals surface area contributed by atoms with Crippen LogP contribution in [0.3, 0.4) is 0 Å². The van der Waals surface area contributed by atoms with Crippen molar-refractivity contribution in [1.29, 1.82) is 0 Å². The Morgan fingerprint density at radius 2 is 2.35 bits per heavy atom. The fourth-order valence-corrected chi connectivity index (χ4v) is 2.13. The van der Waals surface area contributed by atoms with E-state index in [-0.39, 0.29) is 11.9 Å². The summed E-state index contributed by atoms with van der Waals surface area (Å²) in [6.45, 7) is 1.68. The third-order valence-corrected chi connectivity index (χ3v) is 3.04. The predicted octanol–water partition coefficient (Wildman–Crippen LogP) is 0.505. The lowest BCUT2D eigenvalue weighted by Gasteiger charge is -2.26. The first-order valence-corrected chi connectivity index (χ1v) is 5.89. The van der Waals surface area contributed by atoms with Gasteiger partial charge in [-0.3, -0.25) is 4.79 Å². The van der Waals surface area contributed by atoms with Crippen LogP contribution in [-0.4, -0.2) is 16.9 Å². The number of hydrogen-bond acceptors (Lipinski definition) is 4. The second kappa shape index (κ2) is 4.71. The lowest BCUT2D eigenvalue weighted by atomic mass is 9.91. The summed E-state index contributed by atoms with van der Waals surface area (Å²) in [7, 11) is 0. The number of anilines is 1. The number of nitrogen functional groups attached to an aromatic ring is 1. The molecule has 2 rings (SSSR count). The molecule has 0 bridgehead atoms. The number of fused-ring (bicyclic) bond motifs is 1. The van der Waals surface area contributed by atoms with Crippen molar-refractivity contribution in [1.82, 2.24) is 10.3 Å². The average molecular weight is 234 g/mol. The molecule has 1 unspecified atom stereocenters. The smallest absolute Gasteiger partial charge is 0.237 e. The molecule has 1 aliphatic carbocycles. The monoisotopic (exact) mass is 234 g/mol. The van der Waals surface area contributed by atoms with Crippen molar-refractivity contribution >= 4 is 11.7 Å². The highest BCUT2D eigenvalue weighted by Gasteiger charge is 2.23. The van der Waals surface area contributed by atoms with Crippen LogP contribution in [0, 0.1) is 0 Å². The van der Waals surface area contributed by atoms with Gasteiger partial charge in [-0.05, 0) is 37.8 Å². The molecule has 0 saturated heterocycles. The van der Waals surface area contributed by atoms with Gasteiger partial charge in [-0.25, -0.2) is 4.98 Å². The van der Waals surface area contributed by atoms with Gasteiger partial charge in [0.25, 0.3) is 0 Å². The minimum atomic E-state index is -0.484. The molecular formula is C12H18N4O. The molecule has 2 atom stereocenters. The number of carbonyl (C=O) groups is 1. The molecule has 1 amide bonds. The van der Waals surface area contributed by atoms with Crippen LogP contribution >= 0.6 is 0 Å². The lowest BCUT2D eigenvalue weighted by molar-refractivity contribution is -0.122. The highest BCUT2D eigenvalue weighted by atomic mass is 16.2. The van der Waals surface area contributed by atoms with Gasteiger partial charge in [-0.2, -0.15) is 0 Å². The zero-order valence-electron chi connectivity index (χ0n) is 9.94. The van der Waals surface area contributed by atoms with Crippen molar-refractivity contribution in [3.05, 3.63) is 23.4 Å². The Bertz CT molecular complexity index is 431. The number of nitrogens with two attached hydrogens (primary N) is 2. The molecule has 17 heavy (non-hydrogen) atoms. The molecule has 5 nitrogen and oxygen atoms in total. The molecule has 0 aliphatic heterocycles. The van der Waals surface area contributed by atoms with E-state index in [4.69, 9.17) is 11.5 Å². The van der Waals surface area contributed by atoms with Crippen molar-refractivity contribution in [2.45, 2.75) is 38.3 Å². The highest BCUT2D eigenvalue weighted by Crippen LogP contribution is 2.29. The lowest BCUT2D eigenvalue weighted by Crippen LogP contribution is -2.41. The maximum Gasteiger partial charge on any atom is 0.237 e. The number of aromatic nitrogens is 1. The Labute approximate surface area is 101 Å². The molecule has 0 saturated carbocycles. The summed E-state index contributed by atoms with van der Waals surface area (Å²) in [5.74, 6) is 0.405. The van der Waals surface area contributed by atoms with E-state index in [2.05, 4.69) is 10.3 Å². The molecule has 1 aromatic heterocycles. The second-order valence-corrected chi connectivity index (χ2v) is 4.51. The van der Waals surface area contributed by atoms with E-state index < -0.39 is 6.04 Å². The second-order valence-electron chi connectivity index (χ2n) is 4.51. The van der Waals surface area contributed by atoms with Gasteiger partial charge in [0.1, 0.15) is 5.82 Å². The number of pyridine rings is 1. The minimum Gasteiger partial charge on any atom is -0.384 e. The molecule has 0 spiro atoms. The van der Waals surface area contributed by atoms with E-state index in [1.54, 1.807) is 13.0 Å². The predicted molar refractivity (Wildman–Crippen MR) is 66.1 cm³/mol. The van der Waals surface area contributed by atoms with Gasteiger partial charge < -0.3 is 16.8 Å². The van der Waals surface area contributed by atoms with Crippen molar-refractivity contribution in [2.24, 2.45) is 5.73 Å². The number of amides is 1. The Hall–Kier alpha value is -1.62. The summed E-state index contributed by atoms with van der Waals surface area (Å²) in [5, 5.41) is 2.95. The SMILES string of the molecule is C[C@H](N)C(=O)NC1CCCc2nc(N)ccc21. The van der Waals surface area contributed by atoms with Gasteiger partial charge in [-0.1, -0.05) is 6.07 Å². The van der Waals surface area contributed by atoms with Gasteiger partial charge in [0.15, 0.2) is 0 Å². The van der Waals surface area contributed by atoms with E-state index >= 15 is 0 Å². The summed E-state index contributed by atoms with van der Waals surface area (Å²) in [6.07, 6.45) is 2.86. The maximum absolute atomic E-state index is 11.6. The molecular weight excluding hydrogens is 216 g/mol. The molecule has 0 radical (unpaired) electrons. The van der Waals surface area contributed by atoms with Crippen LogP contribution in [0.15, 0.2) is 12.1 Å². The van der Waals surface area contributed by atoms with Gasteiger partial charge in [0.2, 0.25) is 5.91 Å². The summed E-state index contributed by atoms with van der Waals surface area (Å²) < 4.78 is 0. The van der Waals surface area contributed by atoms with Crippen molar-refractivity contribution in [3.8, 4) is 0 Å². The van der Waals surface area contributed by atoms with E-state index in [9.17, 15) is 4.79 Å². The largest absolute Gasteiger partial charge is 0.384 e. The summed E-state index contributed by atoms with van der Waals surface area (Å²) in [5.41, 5.74) is 13.3. The normalized spacial score (nSPS) is 20.5. The maximum atomic E-state index is 11.6. The van der Waals surface area contributed by atoms with Crippen LogP contribution in [0.4, 0.5) is 5.82 Å².